The Bertz CT molecular complexity index is 673. The highest BCUT2D eigenvalue weighted by molar-refractivity contribution is 9.10. The van der Waals surface area contributed by atoms with Crippen LogP contribution in [0.25, 0.3) is 0 Å². The summed E-state index contributed by atoms with van der Waals surface area (Å²) >= 11 is 3.26. The Morgan fingerprint density at radius 1 is 1.24 bits per heavy atom. The van der Waals surface area contributed by atoms with Crippen molar-refractivity contribution in [1.82, 2.24) is 0 Å². The highest BCUT2D eigenvalue weighted by atomic mass is 79.9. The van der Waals surface area contributed by atoms with Crippen molar-refractivity contribution in [2.24, 2.45) is 0 Å². The molecule has 0 unspecified atom stereocenters. The molecule has 0 aliphatic heterocycles. The molecule has 0 saturated carbocycles. The van der Waals surface area contributed by atoms with Gasteiger partial charge in [0, 0.05) is 10.0 Å². The molecule has 110 valence electrons. The van der Waals surface area contributed by atoms with Crippen molar-refractivity contribution in [3.8, 4) is 11.5 Å². The van der Waals surface area contributed by atoms with Crippen LogP contribution in [-0.2, 0) is 6.61 Å². The largest absolute Gasteiger partial charge is 0.493 e. The van der Waals surface area contributed by atoms with E-state index in [-0.39, 0.29) is 17.9 Å². The molecule has 0 saturated heterocycles. The average Bonchev–Trinajstić information content (AvgIpc) is 2.47. The minimum absolute atomic E-state index is 0.0370. The molecule has 1 N–H and O–H groups in total. The minimum atomic E-state index is -1.07. The molecule has 2 aromatic carbocycles. The normalized spacial score (nSPS) is 10.2. The van der Waals surface area contributed by atoms with Crippen molar-refractivity contribution < 1.29 is 23.8 Å². The van der Waals surface area contributed by atoms with Gasteiger partial charge in [-0.05, 0) is 36.4 Å². The van der Waals surface area contributed by atoms with E-state index in [0.29, 0.717) is 11.3 Å². The van der Waals surface area contributed by atoms with Gasteiger partial charge < -0.3 is 14.6 Å². The summed E-state index contributed by atoms with van der Waals surface area (Å²) in [5.74, 6) is -0.838. The van der Waals surface area contributed by atoms with E-state index in [0.717, 1.165) is 4.47 Å². The first-order chi connectivity index (χ1) is 10.0. The number of carbonyl (C=O) groups is 1. The van der Waals surface area contributed by atoms with Crippen LogP contribution in [0.5, 0.6) is 11.5 Å². The lowest BCUT2D eigenvalue weighted by atomic mass is 10.2. The molecule has 2 rings (SSSR count). The van der Waals surface area contributed by atoms with Crippen molar-refractivity contribution >= 4 is 21.9 Å². The van der Waals surface area contributed by atoms with Crippen LogP contribution in [0, 0.1) is 5.82 Å². The first kappa shape index (κ1) is 15.3. The second-order valence-electron chi connectivity index (χ2n) is 4.20. The number of hydrogen-bond donors (Lipinski definition) is 1. The fourth-order valence-corrected chi connectivity index (χ4v) is 2.14. The van der Waals surface area contributed by atoms with Crippen LogP contribution in [-0.4, -0.2) is 18.2 Å². The Morgan fingerprint density at radius 3 is 2.67 bits per heavy atom. The van der Waals surface area contributed by atoms with E-state index in [1.165, 1.54) is 31.4 Å². The number of carboxylic acid groups (broad SMARTS) is 1. The van der Waals surface area contributed by atoms with Gasteiger partial charge in [0.25, 0.3) is 0 Å². The van der Waals surface area contributed by atoms with E-state index >= 15 is 0 Å². The van der Waals surface area contributed by atoms with E-state index in [2.05, 4.69) is 15.9 Å². The zero-order valence-corrected chi connectivity index (χ0v) is 12.7. The maximum absolute atomic E-state index is 13.6. The van der Waals surface area contributed by atoms with E-state index < -0.39 is 11.8 Å². The summed E-state index contributed by atoms with van der Waals surface area (Å²) in [4.78, 5) is 11.0. The summed E-state index contributed by atoms with van der Waals surface area (Å²) in [5, 5.41) is 8.98. The summed E-state index contributed by atoms with van der Waals surface area (Å²) in [6, 6.07) is 8.77. The van der Waals surface area contributed by atoms with Crippen LogP contribution >= 0.6 is 15.9 Å². The molecule has 2 aromatic rings. The molecule has 0 aromatic heterocycles. The number of ether oxygens (including phenoxy) is 2. The molecule has 21 heavy (non-hydrogen) atoms. The van der Waals surface area contributed by atoms with E-state index in [9.17, 15) is 9.18 Å². The number of hydrogen-bond acceptors (Lipinski definition) is 3. The monoisotopic (exact) mass is 354 g/mol. The SMILES string of the molecule is COc1ccc(C(=O)O)cc1OCc1cc(Br)ccc1F. The van der Waals surface area contributed by atoms with Crippen molar-refractivity contribution in [3.05, 3.63) is 57.8 Å². The highest BCUT2D eigenvalue weighted by Gasteiger charge is 2.11. The van der Waals surface area contributed by atoms with Crippen molar-refractivity contribution in [2.45, 2.75) is 6.61 Å². The molecule has 6 heteroatoms. The fraction of sp³-hybridized carbons (Fsp3) is 0.133. The lowest BCUT2D eigenvalue weighted by molar-refractivity contribution is 0.0696. The van der Waals surface area contributed by atoms with Crippen LogP contribution in [0.4, 0.5) is 4.39 Å². The van der Waals surface area contributed by atoms with Gasteiger partial charge in [-0.1, -0.05) is 15.9 Å². The molecule has 0 amide bonds. The molecule has 0 atom stereocenters. The first-order valence-electron chi connectivity index (χ1n) is 5.99. The van der Waals surface area contributed by atoms with Crippen molar-refractivity contribution in [2.75, 3.05) is 7.11 Å². The van der Waals surface area contributed by atoms with E-state index in [1.54, 1.807) is 12.1 Å². The van der Waals surface area contributed by atoms with Gasteiger partial charge in [-0.15, -0.1) is 0 Å². The predicted molar refractivity (Wildman–Crippen MR) is 78.4 cm³/mol. The Kier molecular flexibility index (Phi) is 4.80. The summed E-state index contributed by atoms with van der Waals surface area (Å²) in [6.07, 6.45) is 0. The minimum Gasteiger partial charge on any atom is -0.493 e. The molecular weight excluding hydrogens is 343 g/mol. The molecule has 0 spiro atoms. The molecule has 0 fully saturated rings. The maximum atomic E-state index is 13.6. The third-order valence-corrected chi connectivity index (χ3v) is 3.29. The van der Waals surface area contributed by atoms with Crippen LogP contribution in [0.3, 0.4) is 0 Å². The van der Waals surface area contributed by atoms with Crippen LogP contribution in [0.15, 0.2) is 40.9 Å². The zero-order chi connectivity index (χ0) is 15.4. The van der Waals surface area contributed by atoms with E-state index in [4.69, 9.17) is 14.6 Å². The fourth-order valence-electron chi connectivity index (χ4n) is 1.73. The summed E-state index contributed by atoms with van der Waals surface area (Å²) in [7, 11) is 1.45. The third kappa shape index (κ3) is 3.72. The lowest BCUT2D eigenvalue weighted by Crippen LogP contribution is -2.02. The Hall–Kier alpha value is -2.08. The molecule has 0 radical (unpaired) electrons. The predicted octanol–water partition coefficient (Wildman–Crippen LogP) is 3.87. The van der Waals surface area contributed by atoms with Crippen molar-refractivity contribution in [1.29, 1.82) is 0 Å². The van der Waals surface area contributed by atoms with Crippen molar-refractivity contribution in [3.63, 3.8) is 0 Å². The van der Waals surface area contributed by atoms with Crippen LogP contribution < -0.4 is 9.47 Å². The summed E-state index contributed by atoms with van der Waals surface area (Å²) in [6.45, 7) is -0.0370. The zero-order valence-electron chi connectivity index (χ0n) is 11.1. The van der Waals surface area contributed by atoms with Gasteiger partial charge in [-0.3, -0.25) is 0 Å². The van der Waals surface area contributed by atoms with Gasteiger partial charge >= 0.3 is 5.97 Å². The second-order valence-corrected chi connectivity index (χ2v) is 5.11. The average molecular weight is 355 g/mol. The molecule has 0 aliphatic carbocycles. The summed E-state index contributed by atoms with van der Waals surface area (Å²) in [5.41, 5.74) is 0.424. The van der Waals surface area contributed by atoms with Gasteiger partial charge in [-0.2, -0.15) is 0 Å². The number of benzene rings is 2. The van der Waals surface area contributed by atoms with Crippen LogP contribution in [0.1, 0.15) is 15.9 Å². The topological polar surface area (TPSA) is 55.8 Å². The second kappa shape index (κ2) is 6.58. The van der Waals surface area contributed by atoms with Crippen LogP contribution in [0.2, 0.25) is 0 Å². The Morgan fingerprint density at radius 2 is 2.00 bits per heavy atom. The molecule has 0 heterocycles. The lowest BCUT2D eigenvalue weighted by Gasteiger charge is -2.12. The number of carboxylic acids is 1. The Balaban J connectivity index is 2.24. The number of aromatic carboxylic acids is 1. The van der Waals surface area contributed by atoms with E-state index in [1.807, 2.05) is 0 Å². The molecule has 4 nitrogen and oxygen atoms in total. The third-order valence-electron chi connectivity index (χ3n) is 2.80. The van der Waals surface area contributed by atoms with Gasteiger partial charge in [0.1, 0.15) is 12.4 Å². The molecule has 0 aliphatic rings. The smallest absolute Gasteiger partial charge is 0.335 e. The number of rotatable bonds is 5. The molecular formula is C15H12BrFO4. The van der Waals surface area contributed by atoms with Gasteiger partial charge in [0.15, 0.2) is 11.5 Å². The summed E-state index contributed by atoms with van der Waals surface area (Å²) < 4.78 is 25.0. The first-order valence-corrected chi connectivity index (χ1v) is 6.78. The van der Waals surface area contributed by atoms with Gasteiger partial charge in [0.2, 0.25) is 0 Å². The van der Waals surface area contributed by atoms with Gasteiger partial charge in [0.05, 0.1) is 12.7 Å². The number of halogens is 2. The molecule has 0 bridgehead atoms. The number of methoxy groups -OCH3 is 1. The maximum Gasteiger partial charge on any atom is 0.335 e. The Labute approximate surface area is 129 Å². The standard InChI is InChI=1S/C15H12BrFO4/c1-20-13-5-2-9(15(18)19)7-14(13)21-8-10-6-11(16)3-4-12(10)17/h2-7H,8H2,1H3,(H,18,19). The highest BCUT2D eigenvalue weighted by Crippen LogP contribution is 2.29. The quantitative estimate of drug-likeness (QED) is 0.885. The van der Waals surface area contributed by atoms with Gasteiger partial charge in [-0.25, -0.2) is 9.18 Å².